The predicted molar refractivity (Wildman–Crippen MR) is 224 cm³/mol. The van der Waals surface area contributed by atoms with Crippen LogP contribution in [0.3, 0.4) is 0 Å². The number of rotatable bonds is 6. The average molecular weight is 714 g/mol. The Morgan fingerprint density at radius 2 is 1.44 bits per heavy atom. The van der Waals surface area contributed by atoms with E-state index in [9.17, 15) is 0 Å². The monoisotopic (exact) mass is 713 g/mol. The van der Waals surface area contributed by atoms with Crippen LogP contribution >= 0.6 is 0 Å². The molecule has 0 radical (unpaired) electrons. The summed E-state index contributed by atoms with van der Waals surface area (Å²) in [7, 11) is 0. The quantitative estimate of drug-likeness (QED) is 0.176. The van der Waals surface area contributed by atoms with Crippen LogP contribution in [-0.4, -0.2) is 15.0 Å². The first-order valence-corrected chi connectivity index (χ1v) is 19.7. The molecule has 0 N–H and O–H groups in total. The summed E-state index contributed by atoms with van der Waals surface area (Å²) in [6.07, 6.45) is 34.6. The van der Waals surface area contributed by atoms with Crippen LogP contribution < -0.4 is 0 Å². The van der Waals surface area contributed by atoms with Gasteiger partial charge >= 0.3 is 0 Å². The summed E-state index contributed by atoms with van der Waals surface area (Å²) >= 11 is 0. The van der Waals surface area contributed by atoms with Crippen LogP contribution in [0.1, 0.15) is 66.6 Å². The molecule has 4 nitrogen and oxygen atoms in total. The zero-order valence-electron chi connectivity index (χ0n) is 31.3. The van der Waals surface area contributed by atoms with E-state index in [0.29, 0.717) is 35.2 Å². The Bertz CT molecular complexity index is 2560. The lowest BCUT2D eigenvalue weighted by Gasteiger charge is -2.30. The standard InChI is InChI=1S/C51H43N3O/c1-33-15-14-22-42-46-43(30-40(32-45(46)55-47(33)42)38-24-23-34-16-10-11-21-37(34)29-38)50-53-48(36-19-8-4-9-20-36)52-49(54-50)39-25-26-41(35-17-6-3-7-18-35)44(31-39)51(2)27-12-5-13-28-51/h3-14,16-27,29-31,33-34,37,40H,15,28,32H2,1-2H3. The van der Waals surface area contributed by atoms with E-state index in [1.807, 2.05) is 18.2 Å². The van der Waals surface area contributed by atoms with Gasteiger partial charge in [0.15, 0.2) is 17.5 Å². The Kier molecular flexibility index (Phi) is 8.28. The second kappa shape index (κ2) is 13.6. The minimum absolute atomic E-state index is 0.120. The molecule has 5 aliphatic carbocycles. The van der Waals surface area contributed by atoms with E-state index in [0.717, 1.165) is 58.6 Å². The molecular formula is C51H43N3O. The highest BCUT2D eigenvalue weighted by Crippen LogP contribution is 2.47. The molecule has 0 amide bonds. The van der Waals surface area contributed by atoms with Crippen LogP contribution in [0.4, 0.5) is 0 Å². The summed E-state index contributed by atoms with van der Waals surface area (Å²) in [4.78, 5) is 15.9. The molecule has 0 spiro atoms. The van der Waals surface area contributed by atoms with Crippen LogP contribution in [0.15, 0.2) is 168 Å². The summed E-state index contributed by atoms with van der Waals surface area (Å²) in [5.74, 6) is 5.25. The maximum absolute atomic E-state index is 6.85. The van der Waals surface area contributed by atoms with Crippen molar-refractivity contribution < 1.29 is 4.42 Å². The summed E-state index contributed by atoms with van der Waals surface area (Å²) in [5, 5.41) is 0. The molecule has 5 atom stereocenters. The lowest BCUT2D eigenvalue weighted by atomic mass is 9.74. The zero-order valence-corrected chi connectivity index (χ0v) is 31.3. The van der Waals surface area contributed by atoms with Gasteiger partial charge in [-0.2, -0.15) is 0 Å². The third-order valence-electron chi connectivity index (χ3n) is 12.0. The average Bonchev–Trinajstić information content (AvgIpc) is 3.64. The van der Waals surface area contributed by atoms with Crippen molar-refractivity contribution in [1.29, 1.82) is 0 Å². The van der Waals surface area contributed by atoms with Gasteiger partial charge in [-0.25, -0.2) is 15.0 Å². The Labute approximate surface area is 323 Å². The number of hydrogen-bond acceptors (Lipinski definition) is 4. The van der Waals surface area contributed by atoms with Crippen molar-refractivity contribution in [2.75, 3.05) is 0 Å². The molecule has 0 bridgehead atoms. The second-order valence-corrected chi connectivity index (χ2v) is 15.8. The van der Waals surface area contributed by atoms with E-state index in [4.69, 9.17) is 19.4 Å². The second-order valence-electron chi connectivity index (χ2n) is 15.8. The highest BCUT2D eigenvalue weighted by molar-refractivity contribution is 5.87. The van der Waals surface area contributed by atoms with Crippen molar-refractivity contribution in [3.05, 3.63) is 197 Å². The van der Waals surface area contributed by atoms with Gasteiger partial charge in [0.05, 0.1) is 0 Å². The van der Waals surface area contributed by atoms with Gasteiger partial charge < -0.3 is 4.42 Å². The largest absolute Gasteiger partial charge is 0.464 e. The van der Waals surface area contributed by atoms with Crippen LogP contribution in [0, 0.1) is 17.8 Å². The predicted octanol–water partition coefficient (Wildman–Crippen LogP) is 12.2. The van der Waals surface area contributed by atoms with E-state index >= 15 is 0 Å². The lowest BCUT2D eigenvalue weighted by molar-refractivity contribution is 0.425. The maximum atomic E-state index is 6.85. The van der Waals surface area contributed by atoms with Gasteiger partial charge in [-0.1, -0.05) is 172 Å². The van der Waals surface area contributed by atoms with Crippen molar-refractivity contribution in [3.63, 3.8) is 0 Å². The zero-order chi connectivity index (χ0) is 36.9. The molecule has 10 rings (SSSR count). The first-order chi connectivity index (χ1) is 27.0. The Morgan fingerprint density at radius 1 is 0.691 bits per heavy atom. The van der Waals surface area contributed by atoms with Crippen molar-refractivity contribution in [3.8, 4) is 33.9 Å². The van der Waals surface area contributed by atoms with Crippen LogP contribution in [0.25, 0.3) is 45.6 Å². The van der Waals surface area contributed by atoms with Gasteiger partial charge in [-0.15, -0.1) is 0 Å². The molecule has 0 fully saturated rings. The molecular weight excluding hydrogens is 671 g/mol. The van der Waals surface area contributed by atoms with Gasteiger partial charge in [0.2, 0.25) is 0 Å². The van der Waals surface area contributed by atoms with Crippen molar-refractivity contribution in [2.24, 2.45) is 17.8 Å². The van der Waals surface area contributed by atoms with Crippen LogP contribution in [-0.2, 0) is 11.8 Å². The minimum atomic E-state index is -0.190. The third-order valence-corrected chi connectivity index (χ3v) is 12.0. The fourth-order valence-electron chi connectivity index (χ4n) is 8.97. The fourth-order valence-corrected chi connectivity index (χ4v) is 8.97. The normalized spacial score (nSPS) is 24.5. The molecule has 268 valence electrons. The van der Waals surface area contributed by atoms with Gasteiger partial charge in [0.25, 0.3) is 0 Å². The summed E-state index contributed by atoms with van der Waals surface area (Å²) in [6, 6.07) is 27.7. The number of nitrogens with zero attached hydrogens (tertiary/aromatic N) is 3. The number of hydrogen-bond donors (Lipinski definition) is 0. The molecule has 5 aromatic rings. The topological polar surface area (TPSA) is 51.8 Å². The Morgan fingerprint density at radius 3 is 2.22 bits per heavy atom. The molecule has 0 saturated heterocycles. The first-order valence-electron chi connectivity index (χ1n) is 19.7. The van der Waals surface area contributed by atoms with Crippen LogP contribution in [0.2, 0.25) is 0 Å². The van der Waals surface area contributed by atoms with Gasteiger partial charge in [-0.3, -0.25) is 0 Å². The molecule has 55 heavy (non-hydrogen) atoms. The first kappa shape index (κ1) is 33.4. The van der Waals surface area contributed by atoms with Gasteiger partial charge in [-0.05, 0) is 41.2 Å². The van der Waals surface area contributed by atoms with Crippen LogP contribution in [0.5, 0.6) is 0 Å². The highest BCUT2D eigenvalue weighted by Gasteiger charge is 2.35. The lowest BCUT2D eigenvalue weighted by Crippen LogP contribution is -2.21. The number of allylic oxidation sites excluding steroid dienone is 14. The molecule has 2 aromatic heterocycles. The Balaban J connectivity index is 1.17. The summed E-state index contributed by atoms with van der Waals surface area (Å²) < 4.78 is 6.85. The van der Waals surface area contributed by atoms with Gasteiger partial charge in [0, 0.05) is 63.3 Å². The van der Waals surface area contributed by atoms with E-state index in [2.05, 4.69) is 160 Å². The molecule has 0 saturated carbocycles. The minimum Gasteiger partial charge on any atom is -0.464 e. The molecule has 2 heterocycles. The molecule has 4 heteroatoms. The number of aromatic nitrogens is 3. The maximum Gasteiger partial charge on any atom is 0.164 e. The summed E-state index contributed by atoms with van der Waals surface area (Å²) in [5.41, 5.74) is 10.0. The molecule has 5 unspecified atom stereocenters. The number of fused-ring (bicyclic) bond motifs is 4. The SMILES string of the molecule is CC1CC=Cc2c1oc1c2C(c2nc(-c3ccccc3)nc(-c3ccc(-c4ccccc4)c(C4(C)C=CC=CC4)c3)n2)=CC(C2=CC3C=CC=CC3C=C2)C1. The van der Waals surface area contributed by atoms with Crippen molar-refractivity contribution >= 4 is 11.6 Å². The Hall–Kier alpha value is -6.13. The summed E-state index contributed by atoms with van der Waals surface area (Å²) in [6.45, 7) is 4.59. The number of furan rings is 1. The number of benzene rings is 3. The van der Waals surface area contributed by atoms with E-state index in [1.54, 1.807) is 0 Å². The van der Waals surface area contributed by atoms with Gasteiger partial charge in [0.1, 0.15) is 11.5 Å². The molecule has 5 aliphatic rings. The molecule has 0 aliphatic heterocycles. The fraction of sp³-hybridized carbons (Fsp3) is 0.196. The van der Waals surface area contributed by atoms with E-state index in [-0.39, 0.29) is 11.3 Å². The smallest absolute Gasteiger partial charge is 0.164 e. The van der Waals surface area contributed by atoms with Crippen molar-refractivity contribution in [1.82, 2.24) is 15.0 Å². The van der Waals surface area contributed by atoms with Crippen molar-refractivity contribution in [2.45, 2.75) is 44.4 Å². The van der Waals surface area contributed by atoms with E-state index < -0.39 is 0 Å². The highest BCUT2D eigenvalue weighted by atomic mass is 16.3. The third kappa shape index (κ3) is 6.06. The van der Waals surface area contributed by atoms with E-state index in [1.165, 1.54) is 22.3 Å². The molecule has 3 aromatic carbocycles.